The predicted molar refractivity (Wildman–Crippen MR) is 60.3 cm³/mol. The lowest BCUT2D eigenvalue weighted by Crippen LogP contribution is -2.01. The summed E-state index contributed by atoms with van der Waals surface area (Å²) in [5.74, 6) is 0. The molecule has 3 aromatic rings. The first-order valence-electron chi connectivity index (χ1n) is 4.91. The van der Waals surface area contributed by atoms with Crippen LogP contribution >= 0.6 is 0 Å². The van der Waals surface area contributed by atoms with Crippen LogP contribution in [0.1, 0.15) is 5.69 Å². The monoisotopic (exact) mass is 212 g/mol. The van der Waals surface area contributed by atoms with E-state index in [1.165, 1.54) is 0 Å². The van der Waals surface area contributed by atoms with Gasteiger partial charge in [-0.1, -0.05) is 18.2 Å². The summed E-state index contributed by atoms with van der Waals surface area (Å²) in [4.78, 5) is 11.7. The highest BCUT2D eigenvalue weighted by atomic mass is 16.4. The van der Waals surface area contributed by atoms with Gasteiger partial charge in [-0.05, 0) is 13.0 Å². The molecule has 0 radical (unpaired) electrons. The summed E-state index contributed by atoms with van der Waals surface area (Å²) in [6, 6.07) is 8.95. The van der Waals surface area contributed by atoms with Crippen molar-refractivity contribution in [1.29, 1.82) is 0 Å². The van der Waals surface area contributed by atoms with Gasteiger partial charge in [0.2, 0.25) is 0 Å². The molecule has 4 heteroatoms. The maximum absolute atomic E-state index is 11.7. The third kappa shape index (κ3) is 1.20. The highest BCUT2D eigenvalue weighted by Crippen LogP contribution is 2.19. The van der Waals surface area contributed by atoms with Gasteiger partial charge in [0.1, 0.15) is 5.52 Å². The molecule has 2 heterocycles. The molecule has 0 fully saturated rings. The molecule has 0 aliphatic heterocycles. The fourth-order valence-corrected chi connectivity index (χ4v) is 1.75. The van der Waals surface area contributed by atoms with E-state index in [2.05, 4.69) is 10.2 Å². The van der Waals surface area contributed by atoms with Crippen LogP contribution in [0.15, 0.2) is 39.5 Å². The molecule has 0 bridgehead atoms. The van der Waals surface area contributed by atoms with Gasteiger partial charge in [0, 0.05) is 11.5 Å². The van der Waals surface area contributed by atoms with Crippen molar-refractivity contribution in [1.82, 2.24) is 10.2 Å². The van der Waals surface area contributed by atoms with Gasteiger partial charge in [-0.2, -0.15) is 5.10 Å². The number of fused-ring (bicyclic) bond motifs is 3. The number of rotatable bonds is 0. The first-order chi connectivity index (χ1) is 7.75. The number of nitrogens with zero attached hydrogens (tertiary/aromatic N) is 2. The lowest BCUT2D eigenvalue weighted by atomic mass is 10.1. The summed E-state index contributed by atoms with van der Waals surface area (Å²) in [6.45, 7) is 1.81. The Morgan fingerprint density at radius 1 is 1.12 bits per heavy atom. The van der Waals surface area contributed by atoms with Crippen molar-refractivity contribution in [2.45, 2.75) is 6.92 Å². The topological polar surface area (TPSA) is 56.0 Å². The van der Waals surface area contributed by atoms with Gasteiger partial charge in [-0.3, -0.25) is 0 Å². The van der Waals surface area contributed by atoms with E-state index in [1.54, 1.807) is 18.2 Å². The summed E-state index contributed by atoms with van der Waals surface area (Å²) in [6.07, 6.45) is 0. The molecule has 0 saturated heterocycles. The van der Waals surface area contributed by atoms with Crippen LogP contribution in [0, 0.1) is 6.92 Å². The second-order valence-corrected chi connectivity index (χ2v) is 3.63. The normalized spacial score (nSPS) is 11.1. The van der Waals surface area contributed by atoms with E-state index >= 15 is 0 Å². The van der Waals surface area contributed by atoms with Crippen molar-refractivity contribution >= 4 is 21.9 Å². The smallest absolute Gasteiger partial charge is 0.344 e. The van der Waals surface area contributed by atoms with E-state index in [0.29, 0.717) is 16.5 Å². The van der Waals surface area contributed by atoms with Gasteiger partial charge in [-0.15, -0.1) is 5.10 Å². The van der Waals surface area contributed by atoms with Crippen LogP contribution in [-0.4, -0.2) is 10.2 Å². The van der Waals surface area contributed by atoms with E-state index in [1.807, 2.05) is 19.1 Å². The molecule has 0 saturated carbocycles. The maximum Gasteiger partial charge on any atom is 0.344 e. The first kappa shape index (κ1) is 9.03. The molecule has 4 nitrogen and oxygen atoms in total. The van der Waals surface area contributed by atoms with Gasteiger partial charge in [0.15, 0.2) is 5.58 Å². The molecule has 0 atom stereocenters. The van der Waals surface area contributed by atoms with E-state index in [0.717, 1.165) is 11.1 Å². The Morgan fingerprint density at radius 2 is 1.88 bits per heavy atom. The number of aryl methyl sites for hydroxylation is 1. The SMILES string of the molecule is Cc1cc2oc(=O)c3ccccc3c2nn1. The molecule has 0 aliphatic carbocycles. The maximum atomic E-state index is 11.7. The zero-order chi connectivity index (χ0) is 11.1. The molecule has 0 spiro atoms. The van der Waals surface area contributed by atoms with Crippen molar-refractivity contribution in [3.05, 3.63) is 46.4 Å². The lowest BCUT2D eigenvalue weighted by molar-refractivity contribution is 0.567. The third-order valence-electron chi connectivity index (χ3n) is 2.49. The molecule has 78 valence electrons. The molecule has 1 aromatic carbocycles. The summed E-state index contributed by atoms with van der Waals surface area (Å²) in [5, 5.41) is 9.36. The summed E-state index contributed by atoms with van der Waals surface area (Å²) >= 11 is 0. The Morgan fingerprint density at radius 3 is 2.69 bits per heavy atom. The van der Waals surface area contributed by atoms with Crippen LogP contribution in [0.25, 0.3) is 21.9 Å². The zero-order valence-electron chi connectivity index (χ0n) is 8.60. The number of hydrogen-bond donors (Lipinski definition) is 0. The summed E-state index contributed by atoms with van der Waals surface area (Å²) < 4.78 is 5.20. The molecule has 2 aromatic heterocycles. The van der Waals surface area contributed by atoms with E-state index < -0.39 is 0 Å². The number of hydrogen-bond acceptors (Lipinski definition) is 4. The molecule has 0 aliphatic rings. The Labute approximate surface area is 90.5 Å². The van der Waals surface area contributed by atoms with Crippen LogP contribution in [0.5, 0.6) is 0 Å². The van der Waals surface area contributed by atoms with Gasteiger partial charge >= 0.3 is 5.63 Å². The molecule has 0 unspecified atom stereocenters. The largest absolute Gasteiger partial charge is 0.420 e. The van der Waals surface area contributed by atoms with Crippen LogP contribution in [0.2, 0.25) is 0 Å². The highest BCUT2D eigenvalue weighted by Gasteiger charge is 2.08. The Hall–Kier alpha value is -2.23. The minimum Gasteiger partial charge on any atom is -0.420 e. The third-order valence-corrected chi connectivity index (χ3v) is 2.49. The van der Waals surface area contributed by atoms with Crippen molar-refractivity contribution in [2.75, 3.05) is 0 Å². The van der Waals surface area contributed by atoms with Crippen molar-refractivity contribution in [3.63, 3.8) is 0 Å². The average Bonchev–Trinajstić information content (AvgIpc) is 2.29. The van der Waals surface area contributed by atoms with Crippen molar-refractivity contribution in [2.24, 2.45) is 0 Å². The number of aromatic nitrogens is 2. The van der Waals surface area contributed by atoms with E-state index in [-0.39, 0.29) is 5.63 Å². The number of benzene rings is 1. The molecule has 0 N–H and O–H groups in total. The van der Waals surface area contributed by atoms with Crippen molar-refractivity contribution < 1.29 is 4.42 Å². The first-order valence-corrected chi connectivity index (χ1v) is 4.91. The second kappa shape index (κ2) is 3.13. The standard InChI is InChI=1S/C12H8N2O2/c1-7-6-10-11(14-13-7)8-4-2-3-5-9(8)12(15)16-10/h2-6H,1H3. The fourth-order valence-electron chi connectivity index (χ4n) is 1.75. The molecular weight excluding hydrogens is 204 g/mol. The van der Waals surface area contributed by atoms with Crippen LogP contribution in [-0.2, 0) is 0 Å². The molecule has 0 amide bonds. The lowest BCUT2D eigenvalue weighted by Gasteiger charge is -2.00. The van der Waals surface area contributed by atoms with Gasteiger partial charge < -0.3 is 4.42 Å². The van der Waals surface area contributed by atoms with Crippen LogP contribution < -0.4 is 5.63 Å². The minimum absolute atomic E-state index is 0.337. The Kier molecular flexibility index (Phi) is 1.77. The summed E-state index contributed by atoms with van der Waals surface area (Å²) in [7, 11) is 0. The minimum atomic E-state index is -0.337. The molecular formula is C12H8N2O2. The fraction of sp³-hybridized carbons (Fsp3) is 0.0833. The predicted octanol–water partition coefficient (Wildman–Crippen LogP) is 2.04. The molecule has 16 heavy (non-hydrogen) atoms. The zero-order valence-corrected chi connectivity index (χ0v) is 8.60. The van der Waals surface area contributed by atoms with Gasteiger partial charge in [0.05, 0.1) is 11.1 Å². The Bertz CT molecular complexity index is 747. The highest BCUT2D eigenvalue weighted by molar-refractivity contribution is 6.01. The van der Waals surface area contributed by atoms with Gasteiger partial charge in [0.25, 0.3) is 0 Å². The molecule has 3 rings (SSSR count). The second-order valence-electron chi connectivity index (χ2n) is 3.63. The Balaban J connectivity index is 2.64. The van der Waals surface area contributed by atoms with E-state index in [9.17, 15) is 4.79 Å². The average molecular weight is 212 g/mol. The van der Waals surface area contributed by atoms with Gasteiger partial charge in [-0.25, -0.2) is 4.79 Å². The van der Waals surface area contributed by atoms with Crippen LogP contribution in [0.3, 0.4) is 0 Å². The van der Waals surface area contributed by atoms with Crippen LogP contribution in [0.4, 0.5) is 0 Å². The van der Waals surface area contributed by atoms with Crippen molar-refractivity contribution in [3.8, 4) is 0 Å². The van der Waals surface area contributed by atoms with E-state index in [4.69, 9.17) is 4.42 Å². The quantitative estimate of drug-likeness (QED) is 0.535. The summed E-state index contributed by atoms with van der Waals surface area (Å²) in [5.41, 5.74) is 1.50.